The molecule has 0 spiro atoms. The number of carbonyl (C=O) groups is 2. The number of hydrogen-bond acceptors (Lipinski definition) is 4. The maximum absolute atomic E-state index is 11.9. The Kier molecular flexibility index (Phi) is 5.27. The van der Waals surface area contributed by atoms with E-state index in [0.29, 0.717) is 6.54 Å². The third-order valence-corrected chi connectivity index (χ3v) is 3.36. The van der Waals surface area contributed by atoms with E-state index < -0.39 is 5.97 Å². The summed E-state index contributed by atoms with van der Waals surface area (Å²) in [5, 5.41) is 11.5. The number of nitrogens with zero attached hydrogens (tertiary/aromatic N) is 2. The van der Waals surface area contributed by atoms with Crippen LogP contribution in [0.2, 0.25) is 0 Å². The average Bonchev–Trinajstić information content (AvgIpc) is 2.62. The zero-order valence-electron chi connectivity index (χ0n) is 10.8. The van der Waals surface area contributed by atoms with Crippen molar-refractivity contribution >= 4 is 23.2 Å². The van der Waals surface area contributed by atoms with Gasteiger partial charge in [-0.25, -0.2) is 4.98 Å². The van der Waals surface area contributed by atoms with Crippen LogP contribution in [0, 0.1) is 12.8 Å². The predicted molar refractivity (Wildman–Crippen MR) is 69.4 cm³/mol. The van der Waals surface area contributed by atoms with Crippen LogP contribution in [0.3, 0.4) is 0 Å². The minimum absolute atomic E-state index is 0.0232. The fourth-order valence-electron chi connectivity index (χ4n) is 1.64. The highest BCUT2D eigenvalue weighted by Crippen LogP contribution is 2.13. The van der Waals surface area contributed by atoms with Crippen LogP contribution in [-0.4, -0.2) is 33.9 Å². The number of amides is 1. The van der Waals surface area contributed by atoms with Crippen molar-refractivity contribution in [2.75, 3.05) is 7.05 Å². The highest BCUT2D eigenvalue weighted by atomic mass is 32.1. The quantitative estimate of drug-likeness (QED) is 0.857. The molecule has 6 heteroatoms. The van der Waals surface area contributed by atoms with Crippen molar-refractivity contribution in [3.05, 3.63) is 16.1 Å². The highest BCUT2D eigenvalue weighted by molar-refractivity contribution is 7.09. The van der Waals surface area contributed by atoms with E-state index in [1.54, 1.807) is 30.2 Å². The molecule has 1 N–H and O–H groups in total. The minimum atomic E-state index is -0.868. The number of hydrogen-bond donors (Lipinski definition) is 1. The first-order chi connectivity index (χ1) is 8.38. The fraction of sp³-hybridized carbons (Fsp3) is 0.583. The number of carboxylic acid groups (broad SMARTS) is 1. The molecule has 1 unspecified atom stereocenters. The van der Waals surface area contributed by atoms with Crippen LogP contribution in [0.25, 0.3) is 0 Å². The smallest absolute Gasteiger partial charge is 0.303 e. The molecule has 1 rings (SSSR count). The van der Waals surface area contributed by atoms with E-state index in [1.807, 2.05) is 12.3 Å². The van der Waals surface area contributed by atoms with Gasteiger partial charge in [-0.2, -0.15) is 0 Å². The van der Waals surface area contributed by atoms with E-state index in [1.165, 1.54) is 0 Å². The van der Waals surface area contributed by atoms with Crippen molar-refractivity contribution in [2.24, 2.45) is 5.92 Å². The Balaban J connectivity index is 2.44. The van der Waals surface area contributed by atoms with Crippen LogP contribution in [-0.2, 0) is 16.1 Å². The second-order valence-electron chi connectivity index (χ2n) is 4.51. The number of carboxylic acids is 1. The van der Waals surface area contributed by atoms with Gasteiger partial charge in [0.1, 0.15) is 0 Å². The first kappa shape index (κ1) is 14.6. The van der Waals surface area contributed by atoms with Crippen LogP contribution in [0.4, 0.5) is 0 Å². The summed E-state index contributed by atoms with van der Waals surface area (Å²) in [7, 11) is 1.71. The molecule has 0 aromatic carbocycles. The first-order valence-electron chi connectivity index (χ1n) is 5.75. The summed E-state index contributed by atoms with van der Waals surface area (Å²) in [6.45, 7) is 4.17. The van der Waals surface area contributed by atoms with Crippen molar-refractivity contribution in [3.8, 4) is 0 Å². The lowest BCUT2D eigenvalue weighted by atomic mass is 10.0. The van der Waals surface area contributed by atoms with Gasteiger partial charge in [0.2, 0.25) is 5.91 Å². The fourth-order valence-corrected chi connectivity index (χ4v) is 2.24. The van der Waals surface area contributed by atoms with E-state index in [0.717, 1.165) is 10.7 Å². The molecule has 0 radical (unpaired) electrons. The molecular formula is C12H18N2O3S. The van der Waals surface area contributed by atoms with Gasteiger partial charge in [0.05, 0.1) is 17.2 Å². The second kappa shape index (κ2) is 6.49. The number of thiazole rings is 1. The van der Waals surface area contributed by atoms with Crippen molar-refractivity contribution in [2.45, 2.75) is 33.2 Å². The number of aryl methyl sites for hydroxylation is 1. The molecule has 1 heterocycles. The van der Waals surface area contributed by atoms with E-state index in [-0.39, 0.29) is 24.7 Å². The zero-order valence-corrected chi connectivity index (χ0v) is 11.7. The molecule has 0 bridgehead atoms. The van der Waals surface area contributed by atoms with Gasteiger partial charge < -0.3 is 10.0 Å². The molecule has 0 saturated carbocycles. The number of aromatic nitrogens is 1. The summed E-state index contributed by atoms with van der Waals surface area (Å²) in [5.41, 5.74) is 0.874. The van der Waals surface area contributed by atoms with Crippen LogP contribution in [0.15, 0.2) is 5.38 Å². The molecule has 1 atom stereocenters. The summed E-state index contributed by atoms with van der Waals surface area (Å²) in [6.07, 6.45) is 0.279. The van der Waals surface area contributed by atoms with Crippen molar-refractivity contribution < 1.29 is 14.7 Å². The lowest BCUT2D eigenvalue weighted by Gasteiger charge is -2.18. The summed E-state index contributed by atoms with van der Waals surface area (Å²) in [5.74, 6) is -1.06. The molecule has 0 aliphatic rings. The third-order valence-electron chi connectivity index (χ3n) is 2.54. The average molecular weight is 270 g/mol. The van der Waals surface area contributed by atoms with Gasteiger partial charge >= 0.3 is 5.97 Å². The molecule has 0 saturated heterocycles. The van der Waals surface area contributed by atoms with Crippen LogP contribution in [0.5, 0.6) is 0 Å². The van der Waals surface area contributed by atoms with Crippen molar-refractivity contribution in [1.82, 2.24) is 9.88 Å². The summed E-state index contributed by atoms with van der Waals surface area (Å²) in [6, 6.07) is 0. The third kappa shape index (κ3) is 4.83. The number of aliphatic carboxylic acids is 1. The molecule has 0 aliphatic carbocycles. The molecule has 100 valence electrons. The minimum Gasteiger partial charge on any atom is -0.481 e. The van der Waals surface area contributed by atoms with Crippen molar-refractivity contribution in [3.63, 3.8) is 0 Å². The van der Waals surface area contributed by atoms with Gasteiger partial charge in [-0.3, -0.25) is 9.59 Å². The highest BCUT2D eigenvalue weighted by Gasteiger charge is 2.16. The van der Waals surface area contributed by atoms with Gasteiger partial charge in [0, 0.05) is 25.3 Å². The van der Waals surface area contributed by atoms with Crippen LogP contribution < -0.4 is 0 Å². The topological polar surface area (TPSA) is 70.5 Å². The lowest BCUT2D eigenvalue weighted by Crippen LogP contribution is -2.28. The van der Waals surface area contributed by atoms with E-state index in [9.17, 15) is 9.59 Å². The normalized spacial score (nSPS) is 12.2. The number of rotatable bonds is 6. The van der Waals surface area contributed by atoms with Gasteiger partial charge in [0.15, 0.2) is 0 Å². The zero-order chi connectivity index (χ0) is 13.7. The van der Waals surface area contributed by atoms with Crippen LogP contribution in [0.1, 0.15) is 30.5 Å². The van der Waals surface area contributed by atoms with E-state index in [4.69, 9.17) is 5.11 Å². The molecule has 1 aromatic heterocycles. The predicted octanol–water partition coefficient (Wildman–Crippen LogP) is 1.91. The SMILES string of the molecule is Cc1nc(CN(C)C(=O)CC(C)CC(=O)O)cs1. The molecule has 5 nitrogen and oxygen atoms in total. The largest absolute Gasteiger partial charge is 0.481 e. The standard InChI is InChI=1S/C12H18N2O3S/c1-8(5-12(16)17)4-11(15)14(3)6-10-7-18-9(2)13-10/h7-8H,4-6H2,1-3H3,(H,16,17). The van der Waals surface area contributed by atoms with Gasteiger partial charge in [-0.1, -0.05) is 6.92 Å². The first-order valence-corrected chi connectivity index (χ1v) is 6.63. The summed E-state index contributed by atoms with van der Waals surface area (Å²) < 4.78 is 0. The van der Waals surface area contributed by atoms with E-state index in [2.05, 4.69) is 4.98 Å². The lowest BCUT2D eigenvalue weighted by molar-refractivity contribution is -0.138. The molecule has 0 aliphatic heterocycles. The Morgan fingerprint density at radius 3 is 2.67 bits per heavy atom. The summed E-state index contributed by atoms with van der Waals surface area (Å²) >= 11 is 1.55. The molecule has 0 fully saturated rings. The maximum Gasteiger partial charge on any atom is 0.303 e. The van der Waals surface area contributed by atoms with Crippen molar-refractivity contribution in [1.29, 1.82) is 0 Å². The molecule has 1 amide bonds. The molecule has 18 heavy (non-hydrogen) atoms. The maximum atomic E-state index is 11.9. The van der Waals surface area contributed by atoms with Gasteiger partial charge in [0.25, 0.3) is 0 Å². The Labute approximate surface area is 110 Å². The second-order valence-corrected chi connectivity index (χ2v) is 5.58. The molecular weight excluding hydrogens is 252 g/mol. The summed E-state index contributed by atoms with van der Waals surface area (Å²) in [4.78, 5) is 28.3. The Hall–Kier alpha value is -1.43. The monoisotopic (exact) mass is 270 g/mol. The van der Waals surface area contributed by atoms with E-state index >= 15 is 0 Å². The van der Waals surface area contributed by atoms with Gasteiger partial charge in [-0.05, 0) is 12.8 Å². The Morgan fingerprint density at radius 1 is 1.50 bits per heavy atom. The number of carbonyl (C=O) groups excluding carboxylic acids is 1. The molecule has 1 aromatic rings. The van der Waals surface area contributed by atoms with Crippen LogP contribution >= 0.6 is 11.3 Å². The Bertz CT molecular complexity index is 431. The van der Waals surface area contributed by atoms with Gasteiger partial charge in [-0.15, -0.1) is 11.3 Å². The Morgan fingerprint density at radius 2 is 2.17 bits per heavy atom.